The standard InChI is InChI=1S/C57H102O6/c1-4-7-10-13-16-19-22-25-27-28-29-30-31-33-35-38-41-44-47-50-56(59)62-53-54(52-61-55(58)49-46-43-40-37-34-24-21-18-15-12-9-6-3)63-57(60)51-48-45-42-39-36-32-26-23-20-17-14-11-8-5-2/h16,18-19,21-22,25,32,36,54H,4-15,17,20,23-24,26-31,33-35,37-53H2,1-3H3/b19-16-,21-18-,25-22-,36-32-. The van der Waals surface area contributed by atoms with Gasteiger partial charge in [-0.2, -0.15) is 0 Å². The molecule has 0 bridgehead atoms. The average molecular weight is 883 g/mol. The highest BCUT2D eigenvalue weighted by Crippen LogP contribution is 2.15. The van der Waals surface area contributed by atoms with Crippen LogP contribution >= 0.6 is 0 Å². The fraction of sp³-hybridized carbons (Fsp3) is 0.807. The Morgan fingerprint density at radius 2 is 0.571 bits per heavy atom. The molecule has 0 aliphatic rings. The van der Waals surface area contributed by atoms with Gasteiger partial charge >= 0.3 is 17.9 Å². The molecule has 0 radical (unpaired) electrons. The summed E-state index contributed by atoms with van der Waals surface area (Å²) in [6.45, 7) is 6.58. The Hall–Kier alpha value is -2.63. The van der Waals surface area contributed by atoms with E-state index in [0.717, 1.165) is 77.0 Å². The molecule has 6 heteroatoms. The van der Waals surface area contributed by atoms with Crippen LogP contribution in [0.1, 0.15) is 278 Å². The van der Waals surface area contributed by atoms with Gasteiger partial charge in [0.1, 0.15) is 13.2 Å². The molecule has 0 N–H and O–H groups in total. The van der Waals surface area contributed by atoms with E-state index < -0.39 is 6.10 Å². The second kappa shape index (κ2) is 52.0. The van der Waals surface area contributed by atoms with Gasteiger partial charge in [0.05, 0.1) is 0 Å². The summed E-state index contributed by atoms with van der Waals surface area (Å²) in [5.74, 6) is -0.903. The third-order valence-electron chi connectivity index (χ3n) is 11.8. The van der Waals surface area contributed by atoms with E-state index in [9.17, 15) is 14.4 Å². The van der Waals surface area contributed by atoms with Gasteiger partial charge in [-0.15, -0.1) is 0 Å². The molecule has 0 amide bonds. The first kappa shape index (κ1) is 60.4. The van der Waals surface area contributed by atoms with Crippen molar-refractivity contribution < 1.29 is 28.6 Å². The second-order valence-corrected chi connectivity index (χ2v) is 18.2. The highest BCUT2D eigenvalue weighted by molar-refractivity contribution is 5.71. The van der Waals surface area contributed by atoms with E-state index in [1.807, 2.05) is 0 Å². The summed E-state index contributed by atoms with van der Waals surface area (Å²) in [5.41, 5.74) is 0. The molecule has 0 saturated heterocycles. The van der Waals surface area contributed by atoms with Crippen molar-refractivity contribution in [2.24, 2.45) is 0 Å². The molecule has 0 spiro atoms. The van der Waals surface area contributed by atoms with Crippen LogP contribution in [-0.2, 0) is 28.6 Å². The molecule has 1 atom stereocenters. The van der Waals surface area contributed by atoms with Crippen LogP contribution in [0.2, 0.25) is 0 Å². The first-order chi connectivity index (χ1) is 31.0. The van der Waals surface area contributed by atoms with Crippen LogP contribution < -0.4 is 0 Å². The Balaban J connectivity index is 4.35. The highest BCUT2D eigenvalue weighted by Gasteiger charge is 2.19. The number of esters is 3. The lowest BCUT2D eigenvalue weighted by molar-refractivity contribution is -0.167. The Bertz CT molecular complexity index is 1110. The van der Waals surface area contributed by atoms with Gasteiger partial charge in [-0.1, -0.05) is 211 Å². The van der Waals surface area contributed by atoms with Gasteiger partial charge in [0.25, 0.3) is 0 Å². The quantitative estimate of drug-likeness (QED) is 0.0199. The molecular formula is C57H102O6. The van der Waals surface area contributed by atoms with Crippen LogP contribution in [0.25, 0.3) is 0 Å². The van der Waals surface area contributed by atoms with Crippen LogP contribution in [0.4, 0.5) is 0 Å². The van der Waals surface area contributed by atoms with Gasteiger partial charge in [-0.25, -0.2) is 0 Å². The summed E-state index contributed by atoms with van der Waals surface area (Å²) in [5, 5.41) is 0. The van der Waals surface area contributed by atoms with E-state index in [1.54, 1.807) is 0 Å². The summed E-state index contributed by atoms with van der Waals surface area (Å²) in [6.07, 6.45) is 62.4. The van der Waals surface area contributed by atoms with Crippen LogP contribution in [0.5, 0.6) is 0 Å². The molecular weight excluding hydrogens is 781 g/mol. The van der Waals surface area contributed by atoms with E-state index in [1.165, 1.54) is 161 Å². The van der Waals surface area contributed by atoms with E-state index in [4.69, 9.17) is 14.2 Å². The lowest BCUT2D eigenvalue weighted by Gasteiger charge is -2.18. The molecule has 0 fully saturated rings. The Morgan fingerprint density at radius 3 is 0.937 bits per heavy atom. The first-order valence-electron chi connectivity index (χ1n) is 27.2. The number of ether oxygens (including phenoxy) is 3. The van der Waals surface area contributed by atoms with Crippen molar-refractivity contribution in [3.05, 3.63) is 48.6 Å². The summed E-state index contributed by atoms with van der Waals surface area (Å²) >= 11 is 0. The van der Waals surface area contributed by atoms with Crippen molar-refractivity contribution in [1.29, 1.82) is 0 Å². The Morgan fingerprint density at radius 1 is 0.317 bits per heavy atom. The van der Waals surface area contributed by atoms with E-state index >= 15 is 0 Å². The zero-order valence-corrected chi connectivity index (χ0v) is 41.8. The third-order valence-corrected chi connectivity index (χ3v) is 11.8. The van der Waals surface area contributed by atoms with Crippen molar-refractivity contribution in [2.45, 2.75) is 284 Å². The smallest absolute Gasteiger partial charge is 0.306 e. The number of allylic oxidation sites excluding steroid dienone is 8. The number of hydrogen-bond donors (Lipinski definition) is 0. The topological polar surface area (TPSA) is 78.9 Å². The molecule has 0 saturated carbocycles. The van der Waals surface area contributed by atoms with E-state index in [0.29, 0.717) is 19.3 Å². The fourth-order valence-corrected chi connectivity index (χ4v) is 7.66. The molecule has 0 aliphatic heterocycles. The van der Waals surface area contributed by atoms with Gasteiger partial charge in [0.15, 0.2) is 6.10 Å². The van der Waals surface area contributed by atoms with Crippen LogP contribution in [0, 0.1) is 0 Å². The number of rotatable bonds is 49. The SMILES string of the molecule is CCCCC/C=C\C=C/CCCCCCCCCCCCC(=O)OCC(COC(=O)CCCCCCC/C=C\CCCCC)OC(=O)CCCCC/C=C\CCCCCCCCC. The molecule has 0 rings (SSSR count). The largest absolute Gasteiger partial charge is 0.462 e. The van der Waals surface area contributed by atoms with Crippen molar-refractivity contribution in [2.75, 3.05) is 13.2 Å². The van der Waals surface area contributed by atoms with Gasteiger partial charge in [0, 0.05) is 19.3 Å². The number of carbonyl (C=O) groups excluding carboxylic acids is 3. The van der Waals surface area contributed by atoms with Crippen molar-refractivity contribution >= 4 is 17.9 Å². The van der Waals surface area contributed by atoms with Crippen molar-refractivity contribution in [3.63, 3.8) is 0 Å². The summed E-state index contributed by atoms with van der Waals surface area (Å²) < 4.78 is 16.8. The molecule has 1 unspecified atom stereocenters. The number of hydrogen-bond acceptors (Lipinski definition) is 6. The van der Waals surface area contributed by atoms with Crippen LogP contribution in [0.3, 0.4) is 0 Å². The third kappa shape index (κ3) is 50.2. The minimum absolute atomic E-state index is 0.0824. The molecule has 6 nitrogen and oxygen atoms in total. The molecule has 63 heavy (non-hydrogen) atoms. The number of unbranched alkanes of at least 4 members (excludes halogenated alkanes) is 31. The van der Waals surface area contributed by atoms with Gasteiger partial charge < -0.3 is 14.2 Å². The molecule has 0 aromatic carbocycles. The maximum absolute atomic E-state index is 12.8. The predicted molar refractivity (Wildman–Crippen MR) is 270 cm³/mol. The van der Waals surface area contributed by atoms with Crippen LogP contribution in [-0.4, -0.2) is 37.2 Å². The zero-order valence-electron chi connectivity index (χ0n) is 41.8. The van der Waals surface area contributed by atoms with Gasteiger partial charge in [-0.3, -0.25) is 14.4 Å². The van der Waals surface area contributed by atoms with Crippen molar-refractivity contribution in [3.8, 4) is 0 Å². The lowest BCUT2D eigenvalue weighted by Crippen LogP contribution is -2.30. The maximum Gasteiger partial charge on any atom is 0.306 e. The molecule has 0 aromatic heterocycles. The first-order valence-corrected chi connectivity index (χ1v) is 27.2. The highest BCUT2D eigenvalue weighted by atomic mass is 16.6. The average Bonchev–Trinajstić information content (AvgIpc) is 3.28. The van der Waals surface area contributed by atoms with Crippen molar-refractivity contribution in [1.82, 2.24) is 0 Å². The molecule has 366 valence electrons. The molecule has 0 heterocycles. The van der Waals surface area contributed by atoms with Gasteiger partial charge in [0.2, 0.25) is 0 Å². The number of carbonyl (C=O) groups is 3. The minimum Gasteiger partial charge on any atom is -0.462 e. The van der Waals surface area contributed by atoms with Crippen LogP contribution in [0.15, 0.2) is 48.6 Å². The summed E-state index contributed by atoms with van der Waals surface area (Å²) in [7, 11) is 0. The summed E-state index contributed by atoms with van der Waals surface area (Å²) in [6, 6.07) is 0. The Labute approximate surface area is 390 Å². The predicted octanol–water partition coefficient (Wildman–Crippen LogP) is 17.9. The summed E-state index contributed by atoms with van der Waals surface area (Å²) in [4.78, 5) is 38.0. The zero-order chi connectivity index (χ0) is 45.8. The van der Waals surface area contributed by atoms with Gasteiger partial charge in [-0.05, 0) is 96.3 Å². The second-order valence-electron chi connectivity index (χ2n) is 18.2. The maximum atomic E-state index is 12.8. The van der Waals surface area contributed by atoms with E-state index in [-0.39, 0.29) is 31.1 Å². The lowest BCUT2D eigenvalue weighted by atomic mass is 10.1. The molecule has 0 aliphatic carbocycles. The Kier molecular flexibility index (Phi) is 49.8. The molecule has 0 aromatic rings. The monoisotopic (exact) mass is 883 g/mol. The van der Waals surface area contributed by atoms with E-state index in [2.05, 4.69) is 69.4 Å². The fourth-order valence-electron chi connectivity index (χ4n) is 7.66. The minimum atomic E-state index is -0.784. The normalized spacial score (nSPS) is 12.4.